The molecule has 52 valence electrons. The molecule has 1 rings (SSSR count). The van der Waals surface area contributed by atoms with E-state index in [2.05, 4.69) is 13.0 Å². The third-order valence-electron chi connectivity index (χ3n) is 1.38. The van der Waals surface area contributed by atoms with Crippen molar-refractivity contribution >= 4 is 5.71 Å². The molecule has 0 heterocycles. The van der Waals surface area contributed by atoms with Gasteiger partial charge in [-0.15, -0.1) is 0 Å². The van der Waals surface area contributed by atoms with E-state index in [9.17, 15) is 0 Å². The fraction of sp³-hybridized carbons (Fsp3) is 0.222. The van der Waals surface area contributed by atoms with Gasteiger partial charge in [0.2, 0.25) is 0 Å². The van der Waals surface area contributed by atoms with Crippen LogP contribution in [0.15, 0.2) is 36.0 Å². The molecular weight excluding hydrogens is 122 g/mol. The Balaban J connectivity index is 2.80. The van der Waals surface area contributed by atoms with Gasteiger partial charge >= 0.3 is 0 Å². The number of rotatable bonds is 1. The monoisotopic (exact) mass is 133 g/mol. The molecule has 0 saturated heterocycles. The summed E-state index contributed by atoms with van der Waals surface area (Å²) in [6.45, 7) is 2.08. The van der Waals surface area contributed by atoms with Gasteiger partial charge in [-0.25, -0.2) is 0 Å². The minimum atomic E-state index is 0.615. The fourth-order valence-corrected chi connectivity index (χ4v) is 0.895. The van der Waals surface area contributed by atoms with E-state index in [-0.39, 0.29) is 0 Å². The molecule has 1 aliphatic carbocycles. The minimum absolute atomic E-state index is 0.615. The van der Waals surface area contributed by atoms with E-state index >= 15 is 0 Å². The van der Waals surface area contributed by atoms with Crippen LogP contribution in [-0.4, -0.2) is 5.71 Å². The summed E-state index contributed by atoms with van der Waals surface area (Å²) < 4.78 is 0. The maximum atomic E-state index is 7.44. The number of allylic oxidation sites excluding steroid dienone is 6. The zero-order chi connectivity index (χ0) is 7.40. The van der Waals surface area contributed by atoms with Crippen LogP contribution < -0.4 is 0 Å². The fourth-order valence-electron chi connectivity index (χ4n) is 0.895. The molecule has 0 fully saturated rings. The minimum Gasteiger partial charge on any atom is -0.300 e. The Morgan fingerprint density at radius 3 is 2.70 bits per heavy atom. The number of nitrogens with one attached hydrogen (secondary N) is 1. The molecule has 0 aliphatic heterocycles. The standard InChI is InChI=1S/C9H11N/c1-2-5-8-6-3-4-7-9(8)10/h3-7,10H,2H2,1H3/b8-5-,10-9?. The molecule has 0 atom stereocenters. The molecule has 1 nitrogen and oxygen atoms in total. The van der Waals surface area contributed by atoms with Crippen molar-refractivity contribution in [3.05, 3.63) is 36.0 Å². The maximum Gasteiger partial charge on any atom is 0.0608 e. The predicted octanol–water partition coefficient (Wildman–Crippen LogP) is 2.47. The van der Waals surface area contributed by atoms with Crippen LogP contribution in [0.3, 0.4) is 0 Å². The topological polar surface area (TPSA) is 23.9 Å². The first-order chi connectivity index (χ1) is 4.84. The molecule has 1 N–H and O–H groups in total. The summed E-state index contributed by atoms with van der Waals surface area (Å²) in [7, 11) is 0. The van der Waals surface area contributed by atoms with Crippen LogP contribution in [0, 0.1) is 5.41 Å². The molecule has 0 spiro atoms. The highest BCUT2D eigenvalue weighted by molar-refractivity contribution is 6.09. The van der Waals surface area contributed by atoms with Crippen molar-refractivity contribution in [1.82, 2.24) is 0 Å². The number of hydrogen-bond donors (Lipinski definition) is 1. The molecular formula is C9H11N. The number of hydrogen-bond acceptors (Lipinski definition) is 1. The lowest BCUT2D eigenvalue weighted by Crippen LogP contribution is -1.96. The van der Waals surface area contributed by atoms with Crippen molar-refractivity contribution in [3.8, 4) is 0 Å². The van der Waals surface area contributed by atoms with Crippen LogP contribution in [0.2, 0.25) is 0 Å². The Morgan fingerprint density at radius 2 is 2.10 bits per heavy atom. The summed E-state index contributed by atoms with van der Waals surface area (Å²) in [5, 5.41) is 7.44. The highest BCUT2D eigenvalue weighted by atomic mass is 14.4. The molecule has 1 aliphatic rings. The van der Waals surface area contributed by atoms with Crippen LogP contribution in [-0.2, 0) is 0 Å². The molecule has 0 radical (unpaired) electrons. The van der Waals surface area contributed by atoms with E-state index in [1.165, 1.54) is 0 Å². The molecule has 0 amide bonds. The van der Waals surface area contributed by atoms with E-state index in [0.29, 0.717) is 5.71 Å². The second kappa shape index (κ2) is 3.16. The summed E-state index contributed by atoms with van der Waals surface area (Å²) in [5.41, 5.74) is 1.65. The van der Waals surface area contributed by atoms with Crippen LogP contribution in [0.1, 0.15) is 13.3 Å². The van der Waals surface area contributed by atoms with E-state index < -0.39 is 0 Å². The Hall–Kier alpha value is -1.11. The quantitative estimate of drug-likeness (QED) is 0.568. The molecule has 0 unspecified atom stereocenters. The second-order valence-corrected chi connectivity index (χ2v) is 2.20. The van der Waals surface area contributed by atoms with Gasteiger partial charge in [0.1, 0.15) is 0 Å². The third kappa shape index (κ3) is 1.44. The van der Waals surface area contributed by atoms with Crippen molar-refractivity contribution in [2.45, 2.75) is 13.3 Å². The van der Waals surface area contributed by atoms with Gasteiger partial charge in [0.05, 0.1) is 5.71 Å². The third-order valence-corrected chi connectivity index (χ3v) is 1.38. The molecule has 0 aromatic heterocycles. The summed E-state index contributed by atoms with van der Waals surface area (Å²) in [4.78, 5) is 0. The van der Waals surface area contributed by atoms with Crippen molar-refractivity contribution in [2.75, 3.05) is 0 Å². The average Bonchev–Trinajstić information content (AvgIpc) is 1.94. The highest BCUT2D eigenvalue weighted by Crippen LogP contribution is 2.06. The van der Waals surface area contributed by atoms with Crippen LogP contribution in [0.5, 0.6) is 0 Å². The Bertz CT molecular complexity index is 219. The maximum absolute atomic E-state index is 7.44. The van der Waals surface area contributed by atoms with E-state index in [4.69, 9.17) is 5.41 Å². The summed E-state index contributed by atoms with van der Waals surface area (Å²) >= 11 is 0. The normalized spacial score (nSPS) is 20.5. The molecule has 0 bridgehead atoms. The van der Waals surface area contributed by atoms with Gasteiger partial charge in [-0.3, -0.25) is 0 Å². The zero-order valence-corrected chi connectivity index (χ0v) is 6.09. The Morgan fingerprint density at radius 1 is 1.40 bits per heavy atom. The molecule has 0 aromatic rings. The predicted molar refractivity (Wildman–Crippen MR) is 44.4 cm³/mol. The van der Waals surface area contributed by atoms with Gasteiger partial charge in [0.25, 0.3) is 0 Å². The summed E-state index contributed by atoms with van der Waals surface area (Å²) in [6.07, 6.45) is 10.7. The zero-order valence-electron chi connectivity index (χ0n) is 6.09. The van der Waals surface area contributed by atoms with Crippen LogP contribution >= 0.6 is 0 Å². The van der Waals surface area contributed by atoms with Gasteiger partial charge in [0.15, 0.2) is 0 Å². The molecule has 1 heteroatoms. The van der Waals surface area contributed by atoms with Crippen molar-refractivity contribution in [3.63, 3.8) is 0 Å². The second-order valence-electron chi connectivity index (χ2n) is 2.20. The Labute approximate surface area is 61.3 Å². The van der Waals surface area contributed by atoms with Crippen LogP contribution in [0.4, 0.5) is 0 Å². The van der Waals surface area contributed by atoms with Crippen molar-refractivity contribution in [2.24, 2.45) is 0 Å². The van der Waals surface area contributed by atoms with E-state index in [0.717, 1.165) is 12.0 Å². The first-order valence-corrected chi connectivity index (χ1v) is 3.48. The van der Waals surface area contributed by atoms with E-state index in [1.54, 1.807) is 0 Å². The Kier molecular flexibility index (Phi) is 2.21. The summed E-state index contributed by atoms with van der Waals surface area (Å²) in [6, 6.07) is 0. The molecule has 0 aromatic carbocycles. The average molecular weight is 133 g/mol. The van der Waals surface area contributed by atoms with Crippen molar-refractivity contribution < 1.29 is 0 Å². The van der Waals surface area contributed by atoms with Gasteiger partial charge in [-0.05, 0) is 18.1 Å². The van der Waals surface area contributed by atoms with Gasteiger partial charge in [0, 0.05) is 0 Å². The lowest BCUT2D eigenvalue weighted by atomic mass is 10.1. The lowest BCUT2D eigenvalue weighted by Gasteiger charge is -2.01. The van der Waals surface area contributed by atoms with Gasteiger partial charge < -0.3 is 5.41 Å². The van der Waals surface area contributed by atoms with Gasteiger partial charge in [-0.2, -0.15) is 0 Å². The highest BCUT2D eigenvalue weighted by Gasteiger charge is 1.98. The van der Waals surface area contributed by atoms with E-state index in [1.807, 2.05) is 24.3 Å². The van der Waals surface area contributed by atoms with Crippen LogP contribution in [0.25, 0.3) is 0 Å². The summed E-state index contributed by atoms with van der Waals surface area (Å²) in [5.74, 6) is 0. The SMILES string of the molecule is CC/C=C1/C=CC=CC1=N. The van der Waals surface area contributed by atoms with Gasteiger partial charge in [-0.1, -0.05) is 31.2 Å². The first-order valence-electron chi connectivity index (χ1n) is 3.48. The lowest BCUT2D eigenvalue weighted by molar-refractivity contribution is 1.21. The molecule has 0 saturated carbocycles. The van der Waals surface area contributed by atoms with Crippen molar-refractivity contribution in [1.29, 1.82) is 5.41 Å². The first kappa shape index (κ1) is 7.00. The smallest absolute Gasteiger partial charge is 0.0608 e. The molecule has 10 heavy (non-hydrogen) atoms. The largest absolute Gasteiger partial charge is 0.300 e.